The SMILES string of the molecule is Cc1ccc(C)c(Oc2nc(C)ncc2CCl)c1. The van der Waals surface area contributed by atoms with Crippen LogP contribution in [-0.2, 0) is 5.88 Å². The third-order valence-corrected chi connectivity index (χ3v) is 2.93. The Bertz CT molecular complexity index is 570. The molecule has 0 aliphatic rings. The fourth-order valence-electron chi connectivity index (χ4n) is 1.58. The normalized spacial score (nSPS) is 10.4. The molecule has 0 aliphatic carbocycles. The Hall–Kier alpha value is -1.61. The number of nitrogens with zero attached hydrogens (tertiary/aromatic N) is 2. The van der Waals surface area contributed by atoms with Crippen molar-refractivity contribution in [2.75, 3.05) is 0 Å². The van der Waals surface area contributed by atoms with Crippen molar-refractivity contribution in [3.63, 3.8) is 0 Å². The van der Waals surface area contributed by atoms with E-state index in [9.17, 15) is 0 Å². The smallest absolute Gasteiger partial charge is 0.226 e. The molecule has 0 saturated heterocycles. The molecule has 2 aromatic rings. The van der Waals surface area contributed by atoms with Gasteiger partial charge < -0.3 is 4.74 Å². The van der Waals surface area contributed by atoms with Crippen LogP contribution in [-0.4, -0.2) is 9.97 Å². The van der Waals surface area contributed by atoms with Gasteiger partial charge in [-0.1, -0.05) is 12.1 Å². The Morgan fingerprint density at radius 3 is 2.72 bits per heavy atom. The van der Waals surface area contributed by atoms with Gasteiger partial charge in [0.05, 0.1) is 5.88 Å². The molecule has 0 spiro atoms. The zero-order valence-electron chi connectivity index (χ0n) is 10.7. The van der Waals surface area contributed by atoms with Crippen LogP contribution >= 0.6 is 11.6 Å². The average Bonchev–Trinajstić information content (AvgIpc) is 2.34. The molecule has 2 rings (SSSR count). The first-order valence-electron chi connectivity index (χ1n) is 5.73. The molecule has 0 aliphatic heterocycles. The van der Waals surface area contributed by atoms with Crippen molar-refractivity contribution >= 4 is 11.6 Å². The summed E-state index contributed by atoms with van der Waals surface area (Å²) in [6.45, 7) is 5.86. The first-order chi connectivity index (χ1) is 8.60. The Morgan fingerprint density at radius 1 is 1.22 bits per heavy atom. The third kappa shape index (κ3) is 2.79. The lowest BCUT2D eigenvalue weighted by Crippen LogP contribution is -1.98. The van der Waals surface area contributed by atoms with Crippen LogP contribution in [0.5, 0.6) is 11.6 Å². The summed E-state index contributed by atoms with van der Waals surface area (Å²) in [5.74, 6) is 2.34. The van der Waals surface area contributed by atoms with Crippen molar-refractivity contribution < 1.29 is 4.74 Å². The van der Waals surface area contributed by atoms with Crippen LogP contribution in [0.2, 0.25) is 0 Å². The van der Waals surface area contributed by atoms with E-state index in [-0.39, 0.29) is 0 Å². The number of halogens is 1. The molecule has 1 aromatic carbocycles. The largest absolute Gasteiger partial charge is 0.438 e. The zero-order valence-corrected chi connectivity index (χ0v) is 11.5. The standard InChI is InChI=1S/C14H15ClN2O/c1-9-4-5-10(2)13(6-9)18-14-12(7-15)8-16-11(3)17-14/h4-6,8H,7H2,1-3H3. The minimum absolute atomic E-state index is 0.334. The van der Waals surface area contributed by atoms with Gasteiger partial charge in [-0.15, -0.1) is 11.6 Å². The highest BCUT2D eigenvalue weighted by Crippen LogP contribution is 2.27. The van der Waals surface area contributed by atoms with E-state index in [1.165, 1.54) is 0 Å². The maximum atomic E-state index is 5.86. The molecule has 0 atom stereocenters. The van der Waals surface area contributed by atoms with Gasteiger partial charge in [0.15, 0.2) is 0 Å². The van der Waals surface area contributed by atoms with Gasteiger partial charge in [0.2, 0.25) is 5.88 Å². The molecule has 3 nitrogen and oxygen atoms in total. The molecule has 0 amide bonds. The fraction of sp³-hybridized carbons (Fsp3) is 0.286. The first-order valence-corrected chi connectivity index (χ1v) is 6.27. The lowest BCUT2D eigenvalue weighted by molar-refractivity contribution is 0.451. The van der Waals surface area contributed by atoms with Crippen molar-refractivity contribution in [1.29, 1.82) is 0 Å². The summed E-state index contributed by atoms with van der Waals surface area (Å²) in [6.07, 6.45) is 1.70. The van der Waals surface area contributed by atoms with Crippen LogP contribution in [0.25, 0.3) is 0 Å². The number of alkyl halides is 1. The summed E-state index contributed by atoms with van der Waals surface area (Å²) in [5, 5.41) is 0. The summed E-state index contributed by atoms with van der Waals surface area (Å²) < 4.78 is 5.86. The molecule has 1 aromatic heterocycles. The lowest BCUT2D eigenvalue weighted by Gasteiger charge is -2.11. The summed E-state index contributed by atoms with van der Waals surface area (Å²) in [5.41, 5.74) is 3.01. The molecule has 0 bridgehead atoms. The van der Waals surface area contributed by atoms with Crippen LogP contribution in [0.1, 0.15) is 22.5 Å². The number of hydrogen-bond donors (Lipinski definition) is 0. The number of ether oxygens (including phenoxy) is 1. The van der Waals surface area contributed by atoms with Gasteiger partial charge in [0.25, 0.3) is 0 Å². The molecule has 1 heterocycles. The maximum absolute atomic E-state index is 5.86. The molecule has 18 heavy (non-hydrogen) atoms. The third-order valence-electron chi connectivity index (χ3n) is 2.64. The maximum Gasteiger partial charge on any atom is 0.226 e. The highest BCUT2D eigenvalue weighted by atomic mass is 35.5. The van der Waals surface area contributed by atoms with Gasteiger partial charge in [0.1, 0.15) is 11.6 Å². The minimum atomic E-state index is 0.334. The number of aryl methyl sites for hydroxylation is 3. The quantitative estimate of drug-likeness (QED) is 0.786. The Labute approximate surface area is 112 Å². The van der Waals surface area contributed by atoms with Crippen molar-refractivity contribution in [3.05, 3.63) is 46.9 Å². The predicted molar refractivity (Wildman–Crippen MR) is 72.3 cm³/mol. The van der Waals surface area contributed by atoms with E-state index in [4.69, 9.17) is 16.3 Å². The number of benzene rings is 1. The molecule has 0 saturated carbocycles. The second-order valence-electron chi connectivity index (χ2n) is 4.25. The summed E-state index contributed by atoms with van der Waals surface area (Å²) in [7, 11) is 0. The van der Waals surface area contributed by atoms with Crippen molar-refractivity contribution in [2.45, 2.75) is 26.7 Å². The minimum Gasteiger partial charge on any atom is -0.438 e. The van der Waals surface area contributed by atoms with Gasteiger partial charge in [-0.05, 0) is 38.0 Å². The van der Waals surface area contributed by atoms with Gasteiger partial charge in [-0.25, -0.2) is 4.98 Å². The summed E-state index contributed by atoms with van der Waals surface area (Å²) >= 11 is 5.86. The highest BCUT2D eigenvalue weighted by molar-refractivity contribution is 6.17. The van der Waals surface area contributed by atoms with E-state index in [2.05, 4.69) is 16.0 Å². The molecule has 0 fully saturated rings. The van der Waals surface area contributed by atoms with Crippen LogP contribution < -0.4 is 4.74 Å². The van der Waals surface area contributed by atoms with Crippen LogP contribution in [0.3, 0.4) is 0 Å². The van der Waals surface area contributed by atoms with Crippen LogP contribution in [0.15, 0.2) is 24.4 Å². The second kappa shape index (κ2) is 5.36. The van der Waals surface area contributed by atoms with E-state index in [0.29, 0.717) is 17.6 Å². The molecule has 4 heteroatoms. The van der Waals surface area contributed by atoms with Gasteiger partial charge in [-0.3, -0.25) is 0 Å². The molecular weight excluding hydrogens is 248 g/mol. The van der Waals surface area contributed by atoms with E-state index in [0.717, 1.165) is 22.4 Å². The topological polar surface area (TPSA) is 35.0 Å². The van der Waals surface area contributed by atoms with Crippen LogP contribution in [0.4, 0.5) is 0 Å². The van der Waals surface area contributed by atoms with Gasteiger partial charge in [0, 0.05) is 11.8 Å². The average molecular weight is 263 g/mol. The van der Waals surface area contributed by atoms with E-state index in [1.54, 1.807) is 6.20 Å². The summed E-state index contributed by atoms with van der Waals surface area (Å²) in [6, 6.07) is 6.07. The number of rotatable bonds is 3. The molecule has 0 radical (unpaired) electrons. The fourth-order valence-corrected chi connectivity index (χ4v) is 1.76. The van der Waals surface area contributed by atoms with Crippen molar-refractivity contribution in [2.24, 2.45) is 0 Å². The van der Waals surface area contributed by atoms with Crippen molar-refractivity contribution in [3.8, 4) is 11.6 Å². The Morgan fingerprint density at radius 2 is 2.00 bits per heavy atom. The Kier molecular flexibility index (Phi) is 3.82. The molecule has 94 valence electrons. The number of aromatic nitrogens is 2. The molecule has 0 unspecified atom stereocenters. The second-order valence-corrected chi connectivity index (χ2v) is 4.52. The zero-order chi connectivity index (χ0) is 13.1. The molecule has 0 N–H and O–H groups in total. The van der Waals surface area contributed by atoms with Gasteiger partial charge >= 0.3 is 0 Å². The van der Waals surface area contributed by atoms with Crippen LogP contribution in [0, 0.1) is 20.8 Å². The molecular formula is C14H15ClN2O. The van der Waals surface area contributed by atoms with E-state index in [1.807, 2.05) is 32.9 Å². The van der Waals surface area contributed by atoms with Gasteiger partial charge in [-0.2, -0.15) is 4.98 Å². The monoisotopic (exact) mass is 262 g/mol. The summed E-state index contributed by atoms with van der Waals surface area (Å²) in [4.78, 5) is 8.41. The predicted octanol–water partition coefficient (Wildman–Crippen LogP) is 3.93. The first kappa shape index (κ1) is 12.8. The Balaban J connectivity index is 2.38. The van der Waals surface area contributed by atoms with E-state index >= 15 is 0 Å². The van der Waals surface area contributed by atoms with E-state index < -0.39 is 0 Å². The van der Waals surface area contributed by atoms with Crippen molar-refractivity contribution in [1.82, 2.24) is 9.97 Å². The highest BCUT2D eigenvalue weighted by Gasteiger charge is 2.09. The number of hydrogen-bond acceptors (Lipinski definition) is 3. The lowest BCUT2D eigenvalue weighted by atomic mass is 10.1.